The minimum atomic E-state index is -0.370. The number of piperidine rings is 2. The zero-order valence-electron chi connectivity index (χ0n) is 12.0. The summed E-state index contributed by atoms with van der Waals surface area (Å²) in [6.07, 6.45) is 5.23. The van der Waals surface area contributed by atoms with Gasteiger partial charge < -0.3 is 15.3 Å². The molecule has 0 bridgehead atoms. The average Bonchev–Trinajstić information content (AvgIpc) is 2.92. The summed E-state index contributed by atoms with van der Waals surface area (Å²) in [6.45, 7) is 1.93. The van der Waals surface area contributed by atoms with E-state index in [4.69, 9.17) is 4.98 Å². The van der Waals surface area contributed by atoms with Crippen molar-refractivity contribution in [1.29, 1.82) is 0 Å². The molecule has 2 saturated heterocycles. The minimum absolute atomic E-state index is 0.206. The van der Waals surface area contributed by atoms with Crippen molar-refractivity contribution in [2.45, 2.75) is 50.7 Å². The second-order valence-corrected chi connectivity index (χ2v) is 7.48. The van der Waals surface area contributed by atoms with Gasteiger partial charge in [-0.2, -0.15) is 0 Å². The monoisotopic (exact) mass is 307 g/mol. The quantitative estimate of drug-likeness (QED) is 0.827. The minimum Gasteiger partial charge on any atom is -0.387 e. The van der Waals surface area contributed by atoms with Crippen molar-refractivity contribution in [1.82, 2.24) is 10.3 Å². The molecule has 0 aromatic carbocycles. The number of carbonyl (C=O) groups excluding carboxylic acids is 1. The molecular weight excluding hydrogens is 286 g/mol. The van der Waals surface area contributed by atoms with Gasteiger partial charge in [-0.05, 0) is 38.0 Å². The first-order valence-electron chi connectivity index (χ1n) is 7.92. The Morgan fingerprint density at radius 3 is 3.05 bits per heavy atom. The number of rotatable bonds is 1. The van der Waals surface area contributed by atoms with Gasteiger partial charge in [0.15, 0.2) is 5.13 Å². The van der Waals surface area contributed by atoms with Crippen molar-refractivity contribution in [2.75, 3.05) is 18.0 Å². The fourth-order valence-electron chi connectivity index (χ4n) is 3.80. The van der Waals surface area contributed by atoms with Crippen LogP contribution in [0.2, 0.25) is 0 Å². The second-order valence-electron chi connectivity index (χ2n) is 6.42. The molecule has 2 aliphatic heterocycles. The Balaban J connectivity index is 1.51. The largest absolute Gasteiger partial charge is 0.387 e. The van der Waals surface area contributed by atoms with Gasteiger partial charge >= 0.3 is 0 Å². The average molecular weight is 307 g/mol. The van der Waals surface area contributed by atoms with Gasteiger partial charge in [0.2, 0.25) is 5.91 Å². The lowest BCUT2D eigenvalue weighted by Gasteiger charge is -2.41. The van der Waals surface area contributed by atoms with Crippen LogP contribution in [0, 0.1) is 5.92 Å². The lowest BCUT2D eigenvalue weighted by Crippen LogP contribution is -2.54. The zero-order valence-corrected chi connectivity index (χ0v) is 12.9. The predicted molar refractivity (Wildman–Crippen MR) is 81.5 cm³/mol. The third kappa shape index (κ3) is 2.44. The lowest BCUT2D eigenvalue weighted by atomic mass is 9.85. The number of carbonyl (C=O) groups is 1. The van der Waals surface area contributed by atoms with E-state index in [0.717, 1.165) is 56.0 Å². The molecular formula is C15H21N3O2S. The summed E-state index contributed by atoms with van der Waals surface area (Å²) in [5.41, 5.74) is 0.917. The molecule has 5 nitrogen and oxygen atoms in total. The number of amides is 1. The topological polar surface area (TPSA) is 65.5 Å². The van der Waals surface area contributed by atoms with Gasteiger partial charge in [-0.1, -0.05) is 0 Å². The van der Waals surface area contributed by atoms with Crippen molar-refractivity contribution >= 4 is 22.4 Å². The van der Waals surface area contributed by atoms with E-state index < -0.39 is 0 Å². The van der Waals surface area contributed by atoms with E-state index in [1.165, 1.54) is 4.88 Å². The normalized spacial score (nSPS) is 32.3. The molecule has 114 valence electrons. The summed E-state index contributed by atoms with van der Waals surface area (Å²) >= 11 is 1.75. The summed E-state index contributed by atoms with van der Waals surface area (Å²) in [6, 6.07) is 0.350. The van der Waals surface area contributed by atoms with Crippen LogP contribution in [0.5, 0.6) is 0 Å². The summed E-state index contributed by atoms with van der Waals surface area (Å²) in [4.78, 5) is 19.8. The van der Waals surface area contributed by atoms with Crippen molar-refractivity contribution < 1.29 is 9.90 Å². The number of aliphatic hydroxyl groups is 1. The maximum Gasteiger partial charge on any atom is 0.220 e. The molecule has 0 radical (unpaired) electrons. The maximum atomic E-state index is 11.5. The van der Waals surface area contributed by atoms with Crippen LogP contribution >= 0.6 is 11.3 Å². The molecule has 6 heteroatoms. The third-order valence-electron chi connectivity index (χ3n) is 5.01. The number of nitrogens with one attached hydrogen (secondary N) is 1. The summed E-state index contributed by atoms with van der Waals surface area (Å²) in [5.74, 6) is 0.750. The number of hydrogen-bond donors (Lipinski definition) is 2. The van der Waals surface area contributed by atoms with Crippen LogP contribution in [0.3, 0.4) is 0 Å². The number of aliphatic hydroxyl groups excluding tert-OH is 1. The van der Waals surface area contributed by atoms with Crippen molar-refractivity contribution in [3.63, 3.8) is 0 Å². The number of fused-ring (bicyclic) bond motifs is 2. The van der Waals surface area contributed by atoms with Gasteiger partial charge in [0.05, 0.1) is 11.8 Å². The number of anilines is 1. The van der Waals surface area contributed by atoms with Crippen LogP contribution in [-0.2, 0) is 11.2 Å². The highest BCUT2D eigenvalue weighted by molar-refractivity contribution is 7.15. The Labute approximate surface area is 128 Å². The predicted octanol–water partition coefficient (Wildman–Crippen LogP) is 1.62. The summed E-state index contributed by atoms with van der Waals surface area (Å²) in [5, 5.41) is 14.3. The van der Waals surface area contributed by atoms with E-state index in [-0.39, 0.29) is 12.0 Å². The zero-order chi connectivity index (χ0) is 14.4. The maximum absolute atomic E-state index is 11.5. The Kier molecular flexibility index (Phi) is 3.38. The SMILES string of the molecule is O=C1CCC2CN(c3nc4c(s3)CCCC4O)CCC2N1. The highest BCUT2D eigenvalue weighted by Crippen LogP contribution is 2.38. The van der Waals surface area contributed by atoms with Crippen molar-refractivity contribution in [3.8, 4) is 0 Å². The van der Waals surface area contributed by atoms with Gasteiger partial charge in [-0.15, -0.1) is 11.3 Å². The third-order valence-corrected chi connectivity index (χ3v) is 6.20. The molecule has 2 fully saturated rings. The molecule has 3 atom stereocenters. The second kappa shape index (κ2) is 5.25. The molecule has 1 aromatic rings. The Bertz CT molecular complexity index is 559. The molecule has 1 amide bonds. The molecule has 1 aromatic heterocycles. The highest BCUT2D eigenvalue weighted by Gasteiger charge is 2.35. The molecule has 1 aliphatic carbocycles. The van der Waals surface area contributed by atoms with Crippen LogP contribution in [-0.4, -0.2) is 35.1 Å². The lowest BCUT2D eigenvalue weighted by molar-refractivity contribution is -0.124. The molecule has 4 rings (SSSR count). The summed E-state index contributed by atoms with van der Waals surface area (Å²) < 4.78 is 0. The van der Waals surface area contributed by atoms with Gasteiger partial charge in [0, 0.05) is 30.4 Å². The van der Waals surface area contributed by atoms with Gasteiger partial charge in [-0.25, -0.2) is 4.98 Å². The standard InChI is InChI=1S/C15H21N3O2S/c19-11-2-1-3-12-14(11)17-15(21-12)18-7-6-10-9(8-18)4-5-13(20)16-10/h9-11,19H,1-8H2,(H,16,20). The Morgan fingerprint density at radius 2 is 2.19 bits per heavy atom. The van der Waals surface area contributed by atoms with Crippen LogP contribution in [0.4, 0.5) is 5.13 Å². The van der Waals surface area contributed by atoms with E-state index in [2.05, 4.69) is 10.2 Å². The van der Waals surface area contributed by atoms with Crippen LogP contribution in [0.1, 0.15) is 48.8 Å². The first-order valence-corrected chi connectivity index (χ1v) is 8.74. The smallest absolute Gasteiger partial charge is 0.220 e. The molecule has 21 heavy (non-hydrogen) atoms. The first-order chi connectivity index (χ1) is 10.2. The van der Waals surface area contributed by atoms with E-state index in [1.54, 1.807) is 11.3 Å². The fourth-order valence-corrected chi connectivity index (χ4v) is 4.99. The number of aryl methyl sites for hydroxylation is 1. The molecule has 2 N–H and O–H groups in total. The van der Waals surface area contributed by atoms with Gasteiger partial charge in [0.1, 0.15) is 0 Å². The molecule has 3 unspecified atom stereocenters. The molecule has 0 spiro atoms. The van der Waals surface area contributed by atoms with Gasteiger partial charge in [0.25, 0.3) is 0 Å². The number of thiazole rings is 1. The molecule has 0 saturated carbocycles. The van der Waals surface area contributed by atoms with Crippen molar-refractivity contribution in [2.24, 2.45) is 5.92 Å². The fraction of sp³-hybridized carbons (Fsp3) is 0.733. The molecule has 3 aliphatic rings. The summed E-state index contributed by atoms with van der Waals surface area (Å²) in [7, 11) is 0. The van der Waals surface area contributed by atoms with Crippen LogP contribution in [0.25, 0.3) is 0 Å². The number of hydrogen-bond acceptors (Lipinski definition) is 5. The van der Waals surface area contributed by atoms with E-state index in [0.29, 0.717) is 18.4 Å². The Morgan fingerprint density at radius 1 is 1.29 bits per heavy atom. The van der Waals surface area contributed by atoms with E-state index in [9.17, 15) is 9.90 Å². The van der Waals surface area contributed by atoms with Gasteiger partial charge in [-0.3, -0.25) is 4.79 Å². The van der Waals surface area contributed by atoms with E-state index in [1.807, 2.05) is 0 Å². The van der Waals surface area contributed by atoms with Crippen molar-refractivity contribution in [3.05, 3.63) is 10.6 Å². The highest BCUT2D eigenvalue weighted by atomic mass is 32.1. The first kappa shape index (κ1) is 13.5. The van der Waals surface area contributed by atoms with E-state index >= 15 is 0 Å². The van der Waals surface area contributed by atoms with Crippen LogP contribution < -0.4 is 10.2 Å². The molecule has 3 heterocycles. The number of aromatic nitrogens is 1. The number of nitrogens with zero attached hydrogens (tertiary/aromatic N) is 2. The Hall–Kier alpha value is -1.14. The van der Waals surface area contributed by atoms with Crippen LogP contribution in [0.15, 0.2) is 0 Å².